The third-order valence-corrected chi connectivity index (χ3v) is 5.43. The van der Waals surface area contributed by atoms with Gasteiger partial charge in [0.25, 0.3) is 0 Å². The summed E-state index contributed by atoms with van der Waals surface area (Å²) in [7, 11) is 3.19. The van der Waals surface area contributed by atoms with Crippen LogP contribution in [0.4, 0.5) is 5.69 Å². The van der Waals surface area contributed by atoms with Gasteiger partial charge in [-0.2, -0.15) is 0 Å². The van der Waals surface area contributed by atoms with E-state index in [0.717, 1.165) is 27.2 Å². The smallest absolute Gasteiger partial charge is 0.225 e. The van der Waals surface area contributed by atoms with Gasteiger partial charge in [-0.15, -0.1) is 11.8 Å². The van der Waals surface area contributed by atoms with Crippen molar-refractivity contribution in [2.75, 3.05) is 25.3 Å². The van der Waals surface area contributed by atoms with Crippen molar-refractivity contribution >= 4 is 45.9 Å². The fourth-order valence-corrected chi connectivity index (χ4v) is 3.99. The fourth-order valence-electron chi connectivity index (χ4n) is 2.82. The first kappa shape index (κ1) is 20.3. The molecule has 0 fully saturated rings. The van der Waals surface area contributed by atoms with Gasteiger partial charge in [-0.25, -0.2) is 4.98 Å². The number of pyridine rings is 1. The predicted octanol–water partition coefficient (Wildman–Crippen LogP) is 5.33. The van der Waals surface area contributed by atoms with Crippen LogP contribution >= 0.6 is 23.4 Å². The summed E-state index contributed by atoms with van der Waals surface area (Å²) >= 11 is 7.63. The monoisotopic (exact) mass is 416 g/mol. The van der Waals surface area contributed by atoms with Crippen LogP contribution in [0.1, 0.15) is 12.0 Å². The second kappa shape index (κ2) is 9.17. The lowest BCUT2D eigenvalue weighted by Gasteiger charge is -2.10. The Morgan fingerprint density at radius 3 is 2.64 bits per heavy atom. The molecule has 0 radical (unpaired) electrons. The lowest BCUT2D eigenvalue weighted by molar-refractivity contribution is -0.115. The molecule has 5 nitrogen and oxygen atoms in total. The van der Waals surface area contributed by atoms with Gasteiger partial charge >= 0.3 is 0 Å². The molecule has 146 valence electrons. The Kier molecular flexibility index (Phi) is 6.65. The molecule has 1 heterocycles. The summed E-state index contributed by atoms with van der Waals surface area (Å²) in [5.41, 5.74) is 2.61. The van der Waals surface area contributed by atoms with E-state index < -0.39 is 0 Å². The molecule has 3 rings (SSSR count). The zero-order valence-corrected chi connectivity index (χ0v) is 17.5. The van der Waals surface area contributed by atoms with Crippen LogP contribution < -0.4 is 14.8 Å². The van der Waals surface area contributed by atoms with Crippen LogP contribution in [-0.4, -0.2) is 30.9 Å². The number of methoxy groups -OCH3 is 2. The average molecular weight is 417 g/mol. The number of aromatic nitrogens is 1. The van der Waals surface area contributed by atoms with Crippen LogP contribution in [0.5, 0.6) is 11.5 Å². The summed E-state index contributed by atoms with van der Waals surface area (Å²) in [5.74, 6) is 1.85. The molecule has 7 heteroatoms. The number of para-hydroxylation sites is 1. The molecule has 1 aromatic heterocycles. The van der Waals surface area contributed by atoms with Crippen LogP contribution in [0.3, 0.4) is 0 Å². The van der Waals surface area contributed by atoms with Crippen LogP contribution in [0.2, 0.25) is 5.02 Å². The Bertz CT molecular complexity index is 1010. The van der Waals surface area contributed by atoms with E-state index in [4.69, 9.17) is 26.1 Å². The second-order valence-electron chi connectivity index (χ2n) is 6.13. The number of thioether (sulfide) groups is 1. The van der Waals surface area contributed by atoms with Crippen molar-refractivity contribution in [2.24, 2.45) is 0 Å². The minimum Gasteiger partial charge on any atom is -0.495 e. The molecule has 0 bridgehead atoms. The molecule has 0 spiro atoms. The molecule has 0 aliphatic carbocycles. The minimum absolute atomic E-state index is 0.0798. The molecule has 0 atom stereocenters. The predicted molar refractivity (Wildman–Crippen MR) is 115 cm³/mol. The van der Waals surface area contributed by atoms with E-state index in [1.807, 2.05) is 31.2 Å². The van der Waals surface area contributed by atoms with Gasteiger partial charge in [0.15, 0.2) is 0 Å². The molecule has 0 unspecified atom stereocenters. The first-order valence-corrected chi connectivity index (χ1v) is 10.1. The number of ether oxygens (including phenoxy) is 2. The maximum Gasteiger partial charge on any atom is 0.225 e. The maximum atomic E-state index is 12.2. The first-order chi connectivity index (χ1) is 13.5. The Hall–Kier alpha value is -2.44. The number of amides is 1. The van der Waals surface area contributed by atoms with Gasteiger partial charge in [0, 0.05) is 23.2 Å². The van der Waals surface area contributed by atoms with E-state index in [0.29, 0.717) is 28.6 Å². The van der Waals surface area contributed by atoms with Gasteiger partial charge in [-0.3, -0.25) is 4.79 Å². The molecule has 1 amide bonds. The first-order valence-electron chi connectivity index (χ1n) is 8.72. The Morgan fingerprint density at radius 2 is 1.93 bits per heavy atom. The number of rotatable bonds is 7. The summed E-state index contributed by atoms with van der Waals surface area (Å²) in [4.78, 5) is 16.9. The van der Waals surface area contributed by atoms with Gasteiger partial charge in [0.05, 0.1) is 24.3 Å². The highest BCUT2D eigenvalue weighted by Crippen LogP contribution is 2.30. The van der Waals surface area contributed by atoms with Crippen molar-refractivity contribution in [3.63, 3.8) is 0 Å². The molecule has 2 aromatic carbocycles. The van der Waals surface area contributed by atoms with Crippen molar-refractivity contribution in [1.29, 1.82) is 0 Å². The van der Waals surface area contributed by atoms with Crippen molar-refractivity contribution in [2.45, 2.75) is 18.4 Å². The number of hydrogen-bond donors (Lipinski definition) is 1. The van der Waals surface area contributed by atoms with Gasteiger partial charge < -0.3 is 14.8 Å². The van der Waals surface area contributed by atoms with E-state index in [9.17, 15) is 4.79 Å². The summed E-state index contributed by atoms with van der Waals surface area (Å²) in [6.45, 7) is 2.05. The Morgan fingerprint density at radius 1 is 1.14 bits per heavy atom. The maximum absolute atomic E-state index is 12.2. The van der Waals surface area contributed by atoms with E-state index in [1.165, 1.54) is 0 Å². The summed E-state index contributed by atoms with van der Waals surface area (Å²) in [6, 6.07) is 13.1. The standard InChI is InChI=1S/C21H21ClN2O3S/c1-13-11-20(24-21-15(13)5-4-6-18(21)27-3)28-10-9-19(25)23-14-7-8-17(26-2)16(22)12-14/h4-8,11-12H,9-10H2,1-3H3,(H,23,25). The van der Waals surface area contributed by atoms with Crippen molar-refractivity contribution in [1.82, 2.24) is 4.98 Å². The molecule has 0 saturated carbocycles. The van der Waals surface area contributed by atoms with E-state index in [1.54, 1.807) is 44.2 Å². The van der Waals surface area contributed by atoms with Crippen molar-refractivity contribution in [3.8, 4) is 11.5 Å². The largest absolute Gasteiger partial charge is 0.495 e. The van der Waals surface area contributed by atoms with Crippen LogP contribution in [0, 0.1) is 6.92 Å². The number of aryl methyl sites for hydroxylation is 1. The SMILES string of the molecule is COc1ccc(NC(=O)CCSc2cc(C)c3cccc(OC)c3n2)cc1Cl. The second-order valence-corrected chi connectivity index (χ2v) is 7.65. The molecular formula is C21H21ClN2O3S. The molecule has 0 saturated heterocycles. The number of halogens is 1. The zero-order valence-electron chi connectivity index (χ0n) is 15.9. The summed E-state index contributed by atoms with van der Waals surface area (Å²) in [5, 5.41) is 5.24. The van der Waals surface area contributed by atoms with E-state index in [2.05, 4.69) is 5.32 Å². The van der Waals surface area contributed by atoms with Crippen LogP contribution in [0.15, 0.2) is 47.5 Å². The van der Waals surface area contributed by atoms with E-state index in [-0.39, 0.29) is 5.91 Å². The number of nitrogens with one attached hydrogen (secondary N) is 1. The normalized spacial score (nSPS) is 10.7. The molecule has 0 aliphatic heterocycles. The number of benzene rings is 2. The van der Waals surface area contributed by atoms with Crippen LogP contribution in [0.25, 0.3) is 10.9 Å². The molecule has 1 N–H and O–H groups in total. The Balaban J connectivity index is 1.61. The highest BCUT2D eigenvalue weighted by Gasteiger charge is 2.10. The van der Waals surface area contributed by atoms with Gasteiger partial charge in [0.2, 0.25) is 5.91 Å². The zero-order chi connectivity index (χ0) is 20.1. The molecular weight excluding hydrogens is 396 g/mol. The van der Waals surface area contributed by atoms with Gasteiger partial charge in [-0.1, -0.05) is 23.7 Å². The quantitative estimate of drug-likeness (QED) is 0.527. The number of fused-ring (bicyclic) bond motifs is 1. The average Bonchev–Trinajstić information content (AvgIpc) is 2.68. The van der Waals surface area contributed by atoms with E-state index >= 15 is 0 Å². The fraction of sp³-hybridized carbons (Fsp3) is 0.238. The van der Waals surface area contributed by atoms with Gasteiger partial charge in [-0.05, 0) is 42.8 Å². The number of nitrogens with zero attached hydrogens (tertiary/aromatic N) is 1. The third-order valence-electron chi connectivity index (χ3n) is 4.22. The van der Waals surface area contributed by atoms with Crippen molar-refractivity contribution < 1.29 is 14.3 Å². The lowest BCUT2D eigenvalue weighted by Crippen LogP contribution is -2.12. The van der Waals surface area contributed by atoms with Crippen LogP contribution in [-0.2, 0) is 4.79 Å². The minimum atomic E-state index is -0.0798. The summed E-state index contributed by atoms with van der Waals surface area (Å²) < 4.78 is 10.5. The number of carbonyl (C=O) groups is 1. The van der Waals surface area contributed by atoms with Gasteiger partial charge in [0.1, 0.15) is 17.0 Å². The highest BCUT2D eigenvalue weighted by molar-refractivity contribution is 7.99. The number of anilines is 1. The topological polar surface area (TPSA) is 60.5 Å². The van der Waals surface area contributed by atoms with Crippen molar-refractivity contribution in [3.05, 3.63) is 53.1 Å². The third kappa shape index (κ3) is 4.69. The lowest BCUT2D eigenvalue weighted by atomic mass is 10.1. The highest BCUT2D eigenvalue weighted by atomic mass is 35.5. The Labute approximate surface area is 173 Å². The molecule has 3 aromatic rings. The molecule has 0 aliphatic rings. The molecule has 28 heavy (non-hydrogen) atoms. The number of carbonyl (C=O) groups excluding carboxylic acids is 1. The number of hydrogen-bond acceptors (Lipinski definition) is 5. The summed E-state index contributed by atoms with van der Waals surface area (Å²) in [6.07, 6.45) is 0.360.